The number of Topliss-reactive ketones (excluding diaryl/α,β-unsaturated/α-hetero) is 1. The first-order chi connectivity index (χ1) is 21.2. The summed E-state index contributed by atoms with van der Waals surface area (Å²) in [7, 11) is 3.87. The first-order valence-electron chi connectivity index (χ1n) is 13.2. The van der Waals surface area contributed by atoms with Crippen molar-refractivity contribution in [3.8, 4) is 28.7 Å². The van der Waals surface area contributed by atoms with Gasteiger partial charge in [0.05, 0.1) is 32.7 Å². The number of amides is 2. The van der Waals surface area contributed by atoms with Gasteiger partial charge in [-0.2, -0.15) is 0 Å². The van der Waals surface area contributed by atoms with Gasteiger partial charge in [-0.15, -0.1) is 11.8 Å². The Hall–Kier alpha value is -4.74. The van der Waals surface area contributed by atoms with Crippen LogP contribution in [0, 0.1) is 0 Å². The average molecular weight is 654 g/mol. The van der Waals surface area contributed by atoms with Gasteiger partial charge in [-0.1, -0.05) is 6.07 Å². The number of ether oxygens (including phenoxy) is 3. The van der Waals surface area contributed by atoms with Crippen LogP contribution in [0.15, 0.2) is 30.3 Å². The Balaban J connectivity index is 2.49. The third-order valence-electron chi connectivity index (χ3n) is 6.35. The molecule has 0 aliphatic rings. The van der Waals surface area contributed by atoms with E-state index in [0.29, 0.717) is 11.8 Å². The summed E-state index contributed by atoms with van der Waals surface area (Å²) < 4.78 is 15.4. The molecule has 0 aromatic heterocycles. The molecule has 2 aromatic rings. The molecule has 0 saturated heterocycles. The third kappa shape index (κ3) is 10.2. The third-order valence-corrected chi connectivity index (χ3v) is 7.71. The SMILES string of the molecule is COc1cc(O)c(C(=O)C(SCC(NC(=O)CCC(N)C(=O)O)C(=O)NCC(=O)O)C(O)c2ccc(OC)c(O)c2)c(OC)c1. The van der Waals surface area contributed by atoms with Crippen LogP contribution in [-0.4, -0.2) is 106 Å². The number of phenolic OH excluding ortho intramolecular Hbond substituents is 2. The summed E-state index contributed by atoms with van der Waals surface area (Å²) in [5.41, 5.74) is 5.14. The van der Waals surface area contributed by atoms with Crippen LogP contribution in [0.4, 0.5) is 0 Å². The molecule has 0 aliphatic heterocycles. The number of carboxylic acid groups (broad SMARTS) is 2. The van der Waals surface area contributed by atoms with E-state index in [2.05, 4.69) is 10.6 Å². The van der Waals surface area contributed by atoms with Crippen molar-refractivity contribution in [2.45, 2.75) is 36.3 Å². The quantitative estimate of drug-likeness (QED) is 0.0986. The second kappa shape index (κ2) is 16.9. The van der Waals surface area contributed by atoms with Crippen LogP contribution in [0.5, 0.6) is 28.7 Å². The van der Waals surface area contributed by atoms with Gasteiger partial charge < -0.3 is 56.1 Å². The molecule has 0 heterocycles. The maximum Gasteiger partial charge on any atom is 0.322 e. The molecule has 4 atom stereocenters. The van der Waals surface area contributed by atoms with Crippen molar-refractivity contribution in [1.82, 2.24) is 10.6 Å². The van der Waals surface area contributed by atoms with E-state index in [1.807, 2.05) is 0 Å². The number of aromatic hydroxyl groups is 2. The minimum atomic E-state index is -1.68. The molecule has 2 amide bonds. The number of aliphatic hydroxyl groups is 1. The van der Waals surface area contributed by atoms with E-state index in [4.69, 9.17) is 30.2 Å². The van der Waals surface area contributed by atoms with Gasteiger partial charge in [0.15, 0.2) is 17.3 Å². The van der Waals surface area contributed by atoms with Gasteiger partial charge in [0, 0.05) is 24.3 Å². The van der Waals surface area contributed by atoms with Gasteiger partial charge in [0.25, 0.3) is 0 Å². The zero-order chi connectivity index (χ0) is 33.8. The zero-order valence-corrected chi connectivity index (χ0v) is 25.3. The standard InChI is InChI=1S/C28H35N3O13S/c1-42-14-9-18(33)23(20(10-14)44-3)25(38)26(24(37)13-4-6-19(43-2)17(32)8-13)45-12-16(27(39)30-11-22(35)36)31-21(34)7-5-15(29)28(40)41/h4,6,8-10,15-16,24,26,32-33,37H,5,7,11-12,29H2,1-3H3,(H,30,39)(H,31,34)(H,35,36)(H,40,41). The summed E-state index contributed by atoms with van der Waals surface area (Å²) in [4.78, 5) is 61.4. The average Bonchev–Trinajstić information content (AvgIpc) is 3.00. The van der Waals surface area contributed by atoms with Crippen LogP contribution in [0.3, 0.4) is 0 Å². The second-order valence-corrected chi connectivity index (χ2v) is 10.6. The molecule has 0 radical (unpaired) electrons. The molecule has 2 aromatic carbocycles. The number of nitrogens with one attached hydrogen (secondary N) is 2. The molecule has 17 heteroatoms. The number of aliphatic carboxylic acids is 2. The highest BCUT2D eigenvalue weighted by atomic mass is 32.2. The van der Waals surface area contributed by atoms with Gasteiger partial charge in [-0.3, -0.25) is 24.0 Å². The normalized spacial score (nSPS) is 13.4. The van der Waals surface area contributed by atoms with Crippen molar-refractivity contribution in [3.05, 3.63) is 41.5 Å². The van der Waals surface area contributed by atoms with Crippen molar-refractivity contribution in [3.63, 3.8) is 0 Å². The summed E-state index contributed by atoms with van der Waals surface area (Å²) in [6, 6.07) is 3.52. The summed E-state index contributed by atoms with van der Waals surface area (Å²) >= 11 is 0.671. The van der Waals surface area contributed by atoms with Crippen molar-refractivity contribution >= 4 is 41.3 Å². The molecule has 16 nitrogen and oxygen atoms in total. The van der Waals surface area contributed by atoms with Gasteiger partial charge in [0.1, 0.15) is 41.4 Å². The van der Waals surface area contributed by atoms with Gasteiger partial charge in [-0.05, 0) is 24.1 Å². The summed E-state index contributed by atoms with van der Waals surface area (Å²) in [5.74, 6) is -6.52. The van der Waals surface area contributed by atoms with Crippen LogP contribution in [-0.2, 0) is 19.2 Å². The summed E-state index contributed by atoms with van der Waals surface area (Å²) in [6.07, 6.45) is -2.35. The number of methoxy groups -OCH3 is 3. The van der Waals surface area contributed by atoms with Crippen LogP contribution in [0.1, 0.15) is 34.9 Å². The van der Waals surface area contributed by atoms with E-state index < -0.39 is 77.4 Å². The van der Waals surface area contributed by atoms with Gasteiger partial charge in [0.2, 0.25) is 11.8 Å². The largest absolute Gasteiger partial charge is 0.507 e. The Morgan fingerprint density at radius 1 is 0.933 bits per heavy atom. The van der Waals surface area contributed by atoms with Crippen molar-refractivity contribution < 1.29 is 63.7 Å². The fraction of sp³-hybridized carbons (Fsp3) is 0.393. The first kappa shape index (κ1) is 36.5. The van der Waals surface area contributed by atoms with Gasteiger partial charge in [-0.25, -0.2) is 0 Å². The van der Waals surface area contributed by atoms with E-state index in [1.54, 1.807) is 0 Å². The zero-order valence-electron chi connectivity index (χ0n) is 24.5. The number of benzene rings is 2. The number of nitrogens with two attached hydrogens (primary N) is 1. The number of aliphatic hydroxyl groups excluding tert-OH is 1. The maximum atomic E-state index is 13.9. The molecular formula is C28H35N3O13S. The lowest BCUT2D eigenvalue weighted by molar-refractivity contribution is -0.139. The molecule has 0 spiro atoms. The molecule has 2 rings (SSSR count). The van der Waals surface area contributed by atoms with Crippen molar-refractivity contribution in [2.24, 2.45) is 5.73 Å². The number of carbonyl (C=O) groups excluding carboxylic acids is 3. The molecule has 9 N–H and O–H groups in total. The van der Waals surface area contributed by atoms with Crippen LogP contribution in [0.2, 0.25) is 0 Å². The van der Waals surface area contributed by atoms with Crippen LogP contribution in [0.25, 0.3) is 0 Å². The second-order valence-electron chi connectivity index (χ2n) is 9.43. The molecular weight excluding hydrogens is 618 g/mol. The highest BCUT2D eigenvalue weighted by Crippen LogP contribution is 2.40. The molecule has 0 fully saturated rings. The molecule has 0 aliphatic carbocycles. The molecule has 45 heavy (non-hydrogen) atoms. The number of thioether (sulfide) groups is 1. The molecule has 0 saturated carbocycles. The number of phenols is 2. The van der Waals surface area contributed by atoms with E-state index in [0.717, 1.165) is 12.1 Å². The lowest BCUT2D eigenvalue weighted by Gasteiger charge is -2.26. The Kier molecular flexibility index (Phi) is 13.7. The van der Waals surface area contributed by atoms with E-state index in [9.17, 15) is 39.3 Å². The van der Waals surface area contributed by atoms with Crippen molar-refractivity contribution in [2.75, 3.05) is 33.6 Å². The maximum absolute atomic E-state index is 13.9. The predicted octanol–water partition coefficient (Wildman–Crippen LogP) is 0.0194. The molecule has 0 bridgehead atoms. The molecule has 246 valence electrons. The van der Waals surface area contributed by atoms with E-state index in [-0.39, 0.29) is 40.5 Å². The Bertz CT molecular complexity index is 1400. The van der Waals surface area contributed by atoms with Crippen molar-refractivity contribution in [1.29, 1.82) is 0 Å². The number of ketones is 1. The fourth-order valence-electron chi connectivity index (χ4n) is 3.97. The van der Waals surface area contributed by atoms with Gasteiger partial charge >= 0.3 is 11.9 Å². The Labute approximate surface area is 261 Å². The lowest BCUT2D eigenvalue weighted by Crippen LogP contribution is -2.50. The number of hydrogen-bond donors (Lipinski definition) is 8. The fourth-order valence-corrected chi connectivity index (χ4v) is 5.21. The van der Waals surface area contributed by atoms with E-state index >= 15 is 0 Å². The predicted molar refractivity (Wildman–Crippen MR) is 159 cm³/mol. The highest BCUT2D eigenvalue weighted by molar-refractivity contribution is 8.00. The topological polar surface area (TPSA) is 264 Å². The monoisotopic (exact) mass is 653 g/mol. The summed E-state index contributed by atoms with van der Waals surface area (Å²) in [5, 5.41) is 53.3. The van der Waals surface area contributed by atoms with E-state index in [1.165, 1.54) is 39.5 Å². The highest BCUT2D eigenvalue weighted by Gasteiger charge is 2.35. The number of hydrogen-bond acceptors (Lipinski definition) is 13. The minimum absolute atomic E-state index is 0.0460. The first-order valence-corrected chi connectivity index (χ1v) is 14.2. The van der Waals surface area contributed by atoms with Crippen LogP contribution >= 0.6 is 11.8 Å². The van der Waals surface area contributed by atoms with Crippen LogP contribution < -0.4 is 30.6 Å². The Morgan fingerprint density at radius 3 is 2.16 bits per heavy atom. The smallest absolute Gasteiger partial charge is 0.322 e. The minimum Gasteiger partial charge on any atom is -0.507 e. The number of rotatable bonds is 18. The lowest BCUT2D eigenvalue weighted by atomic mass is 9.97. The number of carbonyl (C=O) groups is 5. The number of carboxylic acids is 2. The molecule has 4 unspecified atom stereocenters. The Morgan fingerprint density at radius 2 is 1.60 bits per heavy atom. The summed E-state index contributed by atoms with van der Waals surface area (Å²) in [6.45, 7) is -0.799.